The molecule has 0 bridgehead atoms. The summed E-state index contributed by atoms with van der Waals surface area (Å²) in [6.45, 7) is 3.19. The molecule has 0 aliphatic carbocycles. The molecule has 0 aromatic rings. The molecule has 0 saturated heterocycles. The second kappa shape index (κ2) is 4.06. The van der Waals surface area contributed by atoms with Crippen molar-refractivity contribution in [3.63, 3.8) is 0 Å². The van der Waals surface area contributed by atoms with Crippen LogP contribution >= 0.6 is 11.6 Å². The van der Waals surface area contributed by atoms with Crippen molar-refractivity contribution >= 4 is 23.4 Å². The minimum Gasteiger partial charge on any atom is -0.465 e. The quantitative estimate of drug-likeness (QED) is 0.200. The van der Waals surface area contributed by atoms with E-state index in [4.69, 9.17) is 11.6 Å². The summed E-state index contributed by atoms with van der Waals surface area (Å²) in [5.41, 5.74) is -0.211. The number of alkyl halides is 1. The van der Waals surface area contributed by atoms with Gasteiger partial charge >= 0.3 is 5.97 Å². The lowest BCUT2D eigenvalue weighted by molar-refractivity contribution is -0.137. The normalized spacial score (nSPS) is 8.60. The lowest BCUT2D eigenvalue weighted by Gasteiger charge is -1.97. The van der Waals surface area contributed by atoms with Gasteiger partial charge in [-0.3, -0.25) is 4.79 Å². The molecule has 0 aliphatic rings. The monoisotopic (exact) mass is 162 g/mol. The Bertz CT molecular complexity index is 156. The van der Waals surface area contributed by atoms with Gasteiger partial charge in [0.05, 0.1) is 18.6 Å². The molecule has 10 heavy (non-hydrogen) atoms. The SMILES string of the molecule is C=C(C(=O)CCl)C(=O)OC. The van der Waals surface area contributed by atoms with Crippen molar-refractivity contribution in [2.45, 2.75) is 0 Å². The summed E-state index contributed by atoms with van der Waals surface area (Å²) in [4.78, 5) is 21.1. The van der Waals surface area contributed by atoms with Gasteiger partial charge in [-0.25, -0.2) is 4.79 Å². The van der Waals surface area contributed by atoms with E-state index in [1.807, 2.05) is 0 Å². The average molecular weight is 163 g/mol. The summed E-state index contributed by atoms with van der Waals surface area (Å²) in [7, 11) is 1.18. The van der Waals surface area contributed by atoms with Gasteiger partial charge in [-0.15, -0.1) is 11.6 Å². The molecular weight excluding hydrogens is 156 g/mol. The lowest BCUT2D eigenvalue weighted by Crippen LogP contribution is -2.13. The first kappa shape index (κ1) is 9.17. The van der Waals surface area contributed by atoms with E-state index in [1.165, 1.54) is 7.11 Å². The third-order valence-electron chi connectivity index (χ3n) is 0.890. The third-order valence-corrected chi connectivity index (χ3v) is 1.13. The van der Waals surface area contributed by atoms with E-state index in [-0.39, 0.29) is 11.5 Å². The van der Waals surface area contributed by atoms with Crippen LogP contribution in [0.25, 0.3) is 0 Å². The van der Waals surface area contributed by atoms with Gasteiger partial charge in [0.15, 0.2) is 5.78 Å². The highest BCUT2D eigenvalue weighted by Gasteiger charge is 2.13. The van der Waals surface area contributed by atoms with Crippen LogP contribution in [-0.2, 0) is 14.3 Å². The molecule has 4 heteroatoms. The molecule has 0 heterocycles. The molecule has 0 aromatic carbocycles. The van der Waals surface area contributed by atoms with Crippen LogP contribution in [0, 0.1) is 0 Å². The predicted octanol–water partition coefficient (Wildman–Crippen LogP) is 0.523. The van der Waals surface area contributed by atoms with Crippen molar-refractivity contribution in [2.24, 2.45) is 0 Å². The molecule has 0 saturated carbocycles. The van der Waals surface area contributed by atoms with Crippen molar-refractivity contribution < 1.29 is 14.3 Å². The number of ether oxygens (including phenoxy) is 1. The zero-order chi connectivity index (χ0) is 8.15. The number of esters is 1. The number of Topliss-reactive ketones (excluding diaryl/α,β-unsaturated/α-hetero) is 1. The number of halogens is 1. The summed E-state index contributed by atoms with van der Waals surface area (Å²) in [6.07, 6.45) is 0. The molecule has 0 rings (SSSR count). The molecule has 0 N–H and O–H groups in total. The summed E-state index contributed by atoms with van der Waals surface area (Å²) in [5.74, 6) is -1.48. The zero-order valence-electron chi connectivity index (χ0n) is 5.52. The van der Waals surface area contributed by atoms with Crippen LogP contribution < -0.4 is 0 Å². The number of carbonyl (C=O) groups is 2. The summed E-state index contributed by atoms with van der Waals surface area (Å²) >= 11 is 5.13. The second-order valence-corrected chi connectivity index (χ2v) is 1.79. The van der Waals surface area contributed by atoms with Crippen LogP contribution in [0.4, 0.5) is 0 Å². The fourth-order valence-corrected chi connectivity index (χ4v) is 0.479. The minimum absolute atomic E-state index is 0.211. The van der Waals surface area contributed by atoms with Gasteiger partial charge < -0.3 is 4.74 Å². The molecule has 0 aromatic heterocycles. The third kappa shape index (κ3) is 2.19. The fraction of sp³-hybridized carbons (Fsp3) is 0.333. The van der Waals surface area contributed by atoms with Crippen LogP contribution in [0.1, 0.15) is 0 Å². The lowest BCUT2D eigenvalue weighted by atomic mass is 10.2. The van der Waals surface area contributed by atoms with Gasteiger partial charge in [0, 0.05) is 0 Å². The van der Waals surface area contributed by atoms with Crippen molar-refractivity contribution in [2.75, 3.05) is 13.0 Å². The van der Waals surface area contributed by atoms with E-state index in [9.17, 15) is 9.59 Å². The Morgan fingerprint density at radius 1 is 1.60 bits per heavy atom. The Hall–Kier alpha value is -0.830. The molecule has 0 spiro atoms. The first-order chi connectivity index (χ1) is 4.63. The van der Waals surface area contributed by atoms with Gasteiger partial charge in [0.1, 0.15) is 0 Å². The van der Waals surface area contributed by atoms with E-state index >= 15 is 0 Å². The highest BCUT2D eigenvalue weighted by Crippen LogP contribution is 1.96. The number of carbonyl (C=O) groups excluding carboxylic acids is 2. The maximum Gasteiger partial charge on any atom is 0.340 e. The Morgan fingerprint density at radius 2 is 2.10 bits per heavy atom. The van der Waals surface area contributed by atoms with Crippen LogP contribution in [0.5, 0.6) is 0 Å². The predicted molar refractivity (Wildman–Crippen MR) is 36.9 cm³/mol. The molecule has 3 nitrogen and oxygen atoms in total. The summed E-state index contributed by atoms with van der Waals surface area (Å²) in [6, 6.07) is 0. The first-order valence-electron chi connectivity index (χ1n) is 2.49. The van der Waals surface area contributed by atoms with E-state index in [1.54, 1.807) is 0 Å². The van der Waals surface area contributed by atoms with E-state index in [2.05, 4.69) is 11.3 Å². The van der Waals surface area contributed by atoms with Gasteiger partial charge in [0.25, 0.3) is 0 Å². The average Bonchev–Trinajstić information content (AvgIpc) is 2.00. The highest BCUT2D eigenvalue weighted by molar-refractivity contribution is 6.34. The standard InChI is InChI=1S/C6H7ClO3/c1-4(5(8)3-7)6(9)10-2/h1,3H2,2H3. The highest BCUT2D eigenvalue weighted by atomic mass is 35.5. The molecule has 0 fully saturated rings. The van der Waals surface area contributed by atoms with Crippen LogP contribution in [0.15, 0.2) is 12.2 Å². The van der Waals surface area contributed by atoms with E-state index < -0.39 is 11.8 Å². The van der Waals surface area contributed by atoms with Gasteiger partial charge in [-0.2, -0.15) is 0 Å². The zero-order valence-corrected chi connectivity index (χ0v) is 6.27. The maximum absolute atomic E-state index is 10.6. The molecule has 0 radical (unpaired) electrons. The Kier molecular flexibility index (Phi) is 3.72. The smallest absolute Gasteiger partial charge is 0.340 e. The number of hydrogen-bond acceptors (Lipinski definition) is 3. The van der Waals surface area contributed by atoms with Gasteiger partial charge in [-0.05, 0) is 0 Å². The second-order valence-electron chi connectivity index (χ2n) is 1.53. The topological polar surface area (TPSA) is 43.4 Å². The first-order valence-corrected chi connectivity index (χ1v) is 3.03. The number of ketones is 1. The largest absolute Gasteiger partial charge is 0.465 e. The van der Waals surface area contributed by atoms with Crippen molar-refractivity contribution in [1.29, 1.82) is 0 Å². The molecular formula is C6H7ClO3. The summed E-state index contributed by atoms with van der Waals surface area (Å²) < 4.78 is 4.22. The Morgan fingerprint density at radius 3 is 2.40 bits per heavy atom. The molecule has 0 unspecified atom stereocenters. The Balaban J connectivity index is 4.09. The number of hydrogen-bond donors (Lipinski definition) is 0. The van der Waals surface area contributed by atoms with Crippen LogP contribution in [0.2, 0.25) is 0 Å². The molecule has 0 amide bonds. The van der Waals surface area contributed by atoms with Gasteiger partial charge in [-0.1, -0.05) is 6.58 Å². The van der Waals surface area contributed by atoms with Crippen LogP contribution in [-0.4, -0.2) is 24.7 Å². The van der Waals surface area contributed by atoms with Gasteiger partial charge in [0.2, 0.25) is 0 Å². The van der Waals surface area contributed by atoms with E-state index in [0.29, 0.717) is 0 Å². The van der Waals surface area contributed by atoms with Crippen LogP contribution in [0.3, 0.4) is 0 Å². The number of rotatable bonds is 3. The van der Waals surface area contributed by atoms with Crippen molar-refractivity contribution in [3.05, 3.63) is 12.2 Å². The maximum atomic E-state index is 10.6. The van der Waals surface area contributed by atoms with Crippen molar-refractivity contribution in [3.8, 4) is 0 Å². The Labute approximate surface area is 63.6 Å². The summed E-state index contributed by atoms with van der Waals surface area (Å²) in [5, 5.41) is 0. The molecule has 56 valence electrons. The minimum atomic E-state index is -0.731. The fourth-order valence-electron chi connectivity index (χ4n) is 0.318. The van der Waals surface area contributed by atoms with E-state index in [0.717, 1.165) is 0 Å². The molecule has 0 aliphatic heterocycles. The molecule has 0 atom stereocenters. The number of methoxy groups -OCH3 is 1. The van der Waals surface area contributed by atoms with Crippen molar-refractivity contribution in [1.82, 2.24) is 0 Å².